The highest BCUT2D eigenvalue weighted by Crippen LogP contribution is 2.33. The number of ether oxygens (including phenoxy) is 1. The average Bonchev–Trinajstić information content (AvgIpc) is 2.61. The van der Waals surface area contributed by atoms with Gasteiger partial charge in [0.2, 0.25) is 5.91 Å². The number of rotatable bonds is 3. The van der Waals surface area contributed by atoms with Gasteiger partial charge in [-0.25, -0.2) is 0 Å². The monoisotopic (exact) mass is 338 g/mol. The van der Waals surface area contributed by atoms with E-state index in [1.165, 1.54) is 4.90 Å². The van der Waals surface area contributed by atoms with Crippen LogP contribution in [-0.2, 0) is 16.0 Å². The molecule has 2 aromatic rings. The number of benzene rings is 2. The molecule has 130 valence electrons. The molecule has 5 nitrogen and oxygen atoms in total. The highest BCUT2D eigenvalue weighted by atomic mass is 16.5. The molecule has 1 atom stereocenters. The molecule has 2 amide bonds. The topological polar surface area (TPSA) is 49.9 Å². The minimum atomic E-state index is -0.688. The maximum atomic E-state index is 12.9. The molecule has 1 aliphatic rings. The minimum Gasteiger partial charge on any atom is -0.476 e. The van der Waals surface area contributed by atoms with Crippen LogP contribution in [0.2, 0.25) is 0 Å². The lowest BCUT2D eigenvalue weighted by molar-refractivity contribution is -0.136. The smallest absolute Gasteiger partial charge is 0.265 e. The van der Waals surface area contributed by atoms with E-state index in [1.807, 2.05) is 49.4 Å². The molecule has 0 bridgehead atoms. The van der Waals surface area contributed by atoms with Gasteiger partial charge < -0.3 is 14.5 Å². The number of carbonyl (C=O) groups is 2. The zero-order valence-electron chi connectivity index (χ0n) is 14.7. The molecule has 1 aliphatic heterocycles. The predicted molar refractivity (Wildman–Crippen MR) is 96.8 cm³/mol. The number of hydrogen-bond donors (Lipinski definition) is 0. The lowest BCUT2D eigenvalue weighted by atomic mass is 10.1. The van der Waals surface area contributed by atoms with Crippen LogP contribution in [0, 0.1) is 6.92 Å². The fourth-order valence-electron chi connectivity index (χ4n) is 2.86. The fourth-order valence-corrected chi connectivity index (χ4v) is 2.86. The summed E-state index contributed by atoms with van der Waals surface area (Å²) in [6.45, 7) is 2.24. The van der Waals surface area contributed by atoms with Crippen LogP contribution in [-0.4, -0.2) is 43.5 Å². The summed E-state index contributed by atoms with van der Waals surface area (Å²) in [4.78, 5) is 28.4. The maximum Gasteiger partial charge on any atom is 0.265 e. The van der Waals surface area contributed by atoms with Crippen molar-refractivity contribution in [1.82, 2.24) is 4.90 Å². The molecule has 25 heavy (non-hydrogen) atoms. The van der Waals surface area contributed by atoms with E-state index >= 15 is 0 Å². The third-order valence-corrected chi connectivity index (χ3v) is 4.27. The molecule has 0 radical (unpaired) electrons. The normalized spacial score (nSPS) is 16.0. The summed E-state index contributed by atoms with van der Waals surface area (Å²) in [5.74, 6) is 0.366. The number of carbonyl (C=O) groups excluding carboxylic acids is 2. The Kier molecular flexibility index (Phi) is 4.74. The van der Waals surface area contributed by atoms with Gasteiger partial charge in [0.05, 0.1) is 18.7 Å². The highest BCUT2D eigenvalue weighted by Gasteiger charge is 2.34. The van der Waals surface area contributed by atoms with Gasteiger partial charge in [0.25, 0.3) is 5.91 Å². The Bertz CT molecular complexity index is 784. The van der Waals surface area contributed by atoms with Crippen LogP contribution in [0.3, 0.4) is 0 Å². The molecule has 0 unspecified atom stereocenters. The van der Waals surface area contributed by atoms with Crippen LogP contribution in [0.15, 0.2) is 48.5 Å². The second kappa shape index (κ2) is 6.97. The molecule has 2 aromatic carbocycles. The van der Waals surface area contributed by atoms with Crippen molar-refractivity contribution < 1.29 is 14.3 Å². The number of amides is 2. The standard InChI is InChI=1S/C20H22N2O3/c1-14-8-10-15(11-9-14)12-19(23)22-13-18(20(24)21(2)3)25-17-7-5-4-6-16(17)22/h4-11,18H,12-13H2,1-3H3/t18-/m0/s1. The van der Waals surface area contributed by atoms with Crippen LogP contribution < -0.4 is 9.64 Å². The van der Waals surface area contributed by atoms with Crippen LogP contribution in [0.5, 0.6) is 5.75 Å². The molecule has 0 aromatic heterocycles. The van der Waals surface area contributed by atoms with Crippen molar-refractivity contribution in [1.29, 1.82) is 0 Å². The third kappa shape index (κ3) is 3.65. The molecule has 0 saturated carbocycles. The summed E-state index contributed by atoms with van der Waals surface area (Å²) in [5, 5.41) is 0. The maximum absolute atomic E-state index is 12.9. The summed E-state index contributed by atoms with van der Waals surface area (Å²) in [7, 11) is 3.37. The summed E-state index contributed by atoms with van der Waals surface area (Å²) in [5.41, 5.74) is 2.82. The van der Waals surface area contributed by atoms with E-state index in [9.17, 15) is 9.59 Å². The van der Waals surface area contributed by atoms with Crippen LogP contribution in [0.4, 0.5) is 5.69 Å². The number of para-hydroxylation sites is 2. The van der Waals surface area contributed by atoms with Gasteiger partial charge in [-0.3, -0.25) is 9.59 Å². The summed E-state index contributed by atoms with van der Waals surface area (Å²) in [6.07, 6.45) is -0.399. The van der Waals surface area contributed by atoms with E-state index < -0.39 is 6.10 Å². The Morgan fingerprint density at radius 2 is 1.80 bits per heavy atom. The van der Waals surface area contributed by atoms with E-state index in [4.69, 9.17) is 4.74 Å². The summed E-state index contributed by atoms with van der Waals surface area (Å²) < 4.78 is 5.82. The molecule has 1 heterocycles. The van der Waals surface area contributed by atoms with Gasteiger partial charge in [-0.2, -0.15) is 0 Å². The van der Waals surface area contributed by atoms with Gasteiger partial charge in [0, 0.05) is 14.1 Å². The molecule has 0 N–H and O–H groups in total. The largest absolute Gasteiger partial charge is 0.476 e. The number of likely N-dealkylation sites (N-methyl/N-ethyl adjacent to an activating group) is 1. The number of nitrogens with zero attached hydrogens (tertiary/aromatic N) is 2. The van der Waals surface area contributed by atoms with E-state index in [1.54, 1.807) is 25.1 Å². The first kappa shape index (κ1) is 17.0. The third-order valence-electron chi connectivity index (χ3n) is 4.27. The Labute approximate surface area is 147 Å². The quantitative estimate of drug-likeness (QED) is 0.864. The van der Waals surface area contributed by atoms with E-state index in [0.29, 0.717) is 11.4 Å². The first-order valence-electron chi connectivity index (χ1n) is 8.28. The Hall–Kier alpha value is -2.82. The summed E-state index contributed by atoms with van der Waals surface area (Å²) in [6, 6.07) is 15.2. The second-order valence-electron chi connectivity index (χ2n) is 6.47. The van der Waals surface area contributed by atoms with Gasteiger partial charge in [-0.15, -0.1) is 0 Å². The lowest BCUT2D eigenvalue weighted by Crippen LogP contribution is -2.50. The van der Waals surface area contributed by atoms with Crippen molar-refractivity contribution in [2.24, 2.45) is 0 Å². The molecule has 0 spiro atoms. The Morgan fingerprint density at radius 1 is 1.12 bits per heavy atom. The first-order chi connectivity index (χ1) is 12.0. The highest BCUT2D eigenvalue weighted by molar-refractivity contribution is 5.98. The zero-order valence-corrected chi connectivity index (χ0v) is 14.7. The molecule has 0 aliphatic carbocycles. The van der Waals surface area contributed by atoms with Crippen molar-refractivity contribution in [3.8, 4) is 5.75 Å². The van der Waals surface area contributed by atoms with Gasteiger partial charge in [0.15, 0.2) is 6.10 Å². The van der Waals surface area contributed by atoms with Gasteiger partial charge in [-0.05, 0) is 24.6 Å². The van der Waals surface area contributed by atoms with Crippen molar-refractivity contribution in [3.63, 3.8) is 0 Å². The van der Waals surface area contributed by atoms with E-state index in [2.05, 4.69) is 0 Å². The van der Waals surface area contributed by atoms with Crippen molar-refractivity contribution >= 4 is 17.5 Å². The van der Waals surface area contributed by atoms with Crippen molar-refractivity contribution in [2.45, 2.75) is 19.4 Å². The first-order valence-corrected chi connectivity index (χ1v) is 8.28. The summed E-state index contributed by atoms with van der Waals surface area (Å²) >= 11 is 0. The second-order valence-corrected chi connectivity index (χ2v) is 6.47. The molecule has 0 fully saturated rings. The van der Waals surface area contributed by atoms with Gasteiger partial charge in [0.1, 0.15) is 5.75 Å². The predicted octanol–water partition coefficient (Wildman–Crippen LogP) is 2.42. The lowest BCUT2D eigenvalue weighted by Gasteiger charge is -2.35. The number of fused-ring (bicyclic) bond motifs is 1. The molecule has 3 rings (SSSR count). The number of aryl methyl sites for hydroxylation is 1. The van der Waals surface area contributed by atoms with Crippen molar-refractivity contribution in [2.75, 3.05) is 25.5 Å². The SMILES string of the molecule is Cc1ccc(CC(=O)N2C[C@@H](C(=O)N(C)C)Oc3ccccc32)cc1. The molecule has 5 heteroatoms. The average molecular weight is 338 g/mol. The number of anilines is 1. The van der Waals surface area contributed by atoms with Gasteiger partial charge >= 0.3 is 0 Å². The Balaban J connectivity index is 1.86. The molecular weight excluding hydrogens is 316 g/mol. The fraction of sp³-hybridized carbons (Fsp3) is 0.300. The number of hydrogen-bond acceptors (Lipinski definition) is 3. The van der Waals surface area contributed by atoms with Crippen LogP contribution in [0.1, 0.15) is 11.1 Å². The Morgan fingerprint density at radius 3 is 2.48 bits per heavy atom. The molecule has 0 saturated heterocycles. The van der Waals surface area contributed by atoms with E-state index in [0.717, 1.165) is 11.1 Å². The molecular formula is C20H22N2O3. The zero-order chi connectivity index (χ0) is 18.0. The van der Waals surface area contributed by atoms with Gasteiger partial charge in [-0.1, -0.05) is 42.0 Å². The van der Waals surface area contributed by atoms with Crippen molar-refractivity contribution in [3.05, 3.63) is 59.7 Å². The van der Waals surface area contributed by atoms with Crippen LogP contribution in [0.25, 0.3) is 0 Å². The van der Waals surface area contributed by atoms with Crippen LogP contribution >= 0.6 is 0 Å². The minimum absolute atomic E-state index is 0.0452. The van der Waals surface area contributed by atoms with E-state index in [-0.39, 0.29) is 24.8 Å².